The Labute approximate surface area is 223 Å². The number of non-ortho nitro benzene ring substituents is 1. The molecule has 0 saturated heterocycles. The van der Waals surface area contributed by atoms with Crippen molar-refractivity contribution >= 4 is 46.6 Å². The number of aromatic nitrogens is 3. The highest BCUT2D eigenvalue weighted by molar-refractivity contribution is 7.99. The number of hydrogen-bond acceptors (Lipinski definition) is 8. The number of anilines is 1. The summed E-state index contributed by atoms with van der Waals surface area (Å²) < 4.78 is 6.99. The van der Waals surface area contributed by atoms with E-state index >= 15 is 0 Å². The first-order valence-electron chi connectivity index (χ1n) is 11.4. The summed E-state index contributed by atoms with van der Waals surface area (Å²) in [6.45, 7) is 6.38. The van der Waals surface area contributed by atoms with Crippen LogP contribution in [0.25, 0.3) is 0 Å². The maximum atomic E-state index is 12.9. The molecule has 1 aromatic heterocycles. The van der Waals surface area contributed by atoms with E-state index in [4.69, 9.17) is 16.3 Å². The summed E-state index contributed by atoms with van der Waals surface area (Å²) in [7, 11) is 1.56. The lowest BCUT2D eigenvalue weighted by Crippen LogP contribution is -2.33. The van der Waals surface area contributed by atoms with Crippen LogP contribution in [0.2, 0.25) is 5.02 Å². The maximum absolute atomic E-state index is 12.9. The Morgan fingerprint density at radius 1 is 1.19 bits per heavy atom. The number of nitro groups is 1. The smallest absolute Gasteiger partial charge is 0.271 e. The standard InChI is InChI=1S/C24H27ClN6O5S/c1-5-30-22(21(14(2)3)27-23(33)15-6-9-17(36-4)10-7-15)28-29-24(30)37-13-20(32)26-19-12-16(31(34)35)8-11-18(19)25/h6-12,14,21H,5,13H2,1-4H3,(H,26,32)(H,27,33). The second kappa shape index (κ2) is 12.5. The fourth-order valence-corrected chi connectivity index (χ4v) is 4.44. The number of thioether (sulfide) groups is 1. The number of carbonyl (C=O) groups excluding carboxylic acids is 2. The number of amides is 2. The Hall–Kier alpha value is -3.64. The van der Waals surface area contributed by atoms with Crippen LogP contribution in [0.3, 0.4) is 0 Å². The van der Waals surface area contributed by atoms with Gasteiger partial charge in [-0.25, -0.2) is 0 Å². The Balaban J connectivity index is 1.71. The lowest BCUT2D eigenvalue weighted by atomic mass is 10.0. The number of hydrogen-bond donors (Lipinski definition) is 2. The van der Waals surface area contributed by atoms with Crippen LogP contribution >= 0.6 is 23.4 Å². The number of methoxy groups -OCH3 is 1. The van der Waals surface area contributed by atoms with Gasteiger partial charge in [-0.15, -0.1) is 10.2 Å². The van der Waals surface area contributed by atoms with Gasteiger partial charge < -0.3 is 19.9 Å². The first-order chi connectivity index (χ1) is 17.6. The van der Waals surface area contributed by atoms with Gasteiger partial charge in [0.05, 0.1) is 34.5 Å². The zero-order chi connectivity index (χ0) is 27.1. The predicted molar refractivity (Wildman–Crippen MR) is 141 cm³/mol. The van der Waals surface area contributed by atoms with E-state index in [2.05, 4.69) is 20.8 Å². The molecule has 0 fully saturated rings. The third-order valence-corrected chi connectivity index (χ3v) is 6.71. The normalized spacial score (nSPS) is 11.7. The molecule has 0 spiro atoms. The molecule has 3 rings (SSSR count). The fraction of sp³-hybridized carbons (Fsp3) is 0.333. The summed E-state index contributed by atoms with van der Waals surface area (Å²) in [4.78, 5) is 35.9. The molecule has 0 bridgehead atoms. The Bertz CT molecular complexity index is 1280. The van der Waals surface area contributed by atoms with E-state index in [1.807, 2.05) is 25.3 Å². The van der Waals surface area contributed by atoms with Crippen molar-refractivity contribution in [3.05, 3.63) is 69.0 Å². The van der Waals surface area contributed by atoms with Crippen LogP contribution in [0.1, 0.15) is 43.0 Å². The van der Waals surface area contributed by atoms with Crippen molar-refractivity contribution in [3.8, 4) is 5.75 Å². The maximum Gasteiger partial charge on any atom is 0.271 e. The summed E-state index contributed by atoms with van der Waals surface area (Å²) in [5.74, 6) is 0.545. The van der Waals surface area contributed by atoms with Gasteiger partial charge in [0.25, 0.3) is 11.6 Å². The first-order valence-corrected chi connectivity index (χ1v) is 12.8. The topological polar surface area (TPSA) is 141 Å². The van der Waals surface area contributed by atoms with Gasteiger partial charge in [0.15, 0.2) is 11.0 Å². The summed E-state index contributed by atoms with van der Waals surface area (Å²) in [6.07, 6.45) is 0. The van der Waals surface area contributed by atoms with Crippen LogP contribution in [0.15, 0.2) is 47.6 Å². The van der Waals surface area contributed by atoms with E-state index in [1.165, 1.54) is 18.2 Å². The number of nitrogens with one attached hydrogen (secondary N) is 2. The van der Waals surface area contributed by atoms with E-state index in [-0.39, 0.29) is 34.0 Å². The van der Waals surface area contributed by atoms with Gasteiger partial charge in [-0.1, -0.05) is 37.2 Å². The number of carbonyl (C=O) groups is 2. The Morgan fingerprint density at radius 2 is 1.89 bits per heavy atom. The van der Waals surface area contributed by atoms with Crippen molar-refractivity contribution in [3.63, 3.8) is 0 Å². The summed E-state index contributed by atoms with van der Waals surface area (Å²) in [5.41, 5.74) is 0.458. The fourth-order valence-electron chi connectivity index (χ4n) is 3.47. The lowest BCUT2D eigenvalue weighted by molar-refractivity contribution is -0.384. The summed E-state index contributed by atoms with van der Waals surface area (Å²) in [5, 5.41) is 25.9. The highest BCUT2D eigenvalue weighted by Crippen LogP contribution is 2.28. The van der Waals surface area contributed by atoms with Crippen LogP contribution in [0.4, 0.5) is 11.4 Å². The molecule has 13 heteroatoms. The third kappa shape index (κ3) is 6.98. The van der Waals surface area contributed by atoms with Crippen LogP contribution in [0, 0.1) is 16.0 Å². The average Bonchev–Trinajstić information content (AvgIpc) is 3.29. The molecule has 2 N–H and O–H groups in total. The predicted octanol–water partition coefficient (Wildman–Crippen LogP) is 4.73. The number of nitro benzene ring substituents is 1. The van der Waals surface area contributed by atoms with Crippen molar-refractivity contribution in [2.75, 3.05) is 18.2 Å². The summed E-state index contributed by atoms with van der Waals surface area (Å²) >= 11 is 7.23. The van der Waals surface area contributed by atoms with Gasteiger partial charge in [-0.05, 0) is 43.2 Å². The molecule has 196 valence electrons. The molecular weight excluding hydrogens is 520 g/mol. The highest BCUT2D eigenvalue weighted by Gasteiger charge is 2.26. The third-order valence-electron chi connectivity index (χ3n) is 5.41. The van der Waals surface area contributed by atoms with Crippen molar-refractivity contribution < 1.29 is 19.2 Å². The molecule has 0 aliphatic heterocycles. The quantitative estimate of drug-likeness (QED) is 0.200. The second-order valence-electron chi connectivity index (χ2n) is 8.27. The molecule has 1 heterocycles. The van der Waals surface area contributed by atoms with E-state index < -0.39 is 16.9 Å². The Morgan fingerprint density at radius 3 is 2.49 bits per heavy atom. The SMILES string of the molecule is CCn1c(SCC(=O)Nc2cc([N+](=O)[O-])ccc2Cl)nnc1C(NC(=O)c1ccc(OC)cc1)C(C)C. The molecule has 1 atom stereocenters. The molecule has 0 saturated carbocycles. The monoisotopic (exact) mass is 546 g/mol. The van der Waals surface area contributed by atoms with Gasteiger partial charge >= 0.3 is 0 Å². The van der Waals surface area contributed by atoms with Crippen LogP contribution in [-0.2, 0) is 11.3 Å². The molecule has 0 radical (unpaired) electrons. The van der Waals surface area contributed by atoms with Gasteiger partial charge in [-0.2, -0.15) is 0 Å². The van der Waals surface area contributed by atoms with Crippen LogP contribution < -0.4 is 15.4 Å². The van der Waals surface area contributed by atoms with Gasteiger partial charge in [0.1, 0.15) is 5.75 Å². The number of benzene rings is 2. The molecule has 2 aromatic carbocycles. The van der Waals surface area contributed by atoms with Crippen molar-refractivity contribution in [2.24, 2.45) is 5.92 Å². The molecule has 3 aromatic rings. The average molecular weight is 547 g/mol. The van der Waals surface area contributed by atoms with Crippen molar-refractivity contribution in [1.82, 2.24) is 20.1 Å². The zero-order valence-corrected chi connectivity index (χ0v) is 22.3. The van der Waals surface area contributed by atoms with Crippen molar-refractivity contribution in [2.45, 2.75) is 38.5 Å². The number of ether oxygens (including phenoxy) is 1. The minimum Gasteiger partial charge on any atom is -0.497 e. The number of rotatable bonds is 11. The number of halogens is 1. The molecule has 11 nitrogen and oxygen atoms in total. The van der Waals surface area contributed by atoms with E-state index in [9.17, 15) is 19.7 Å². The molecule has 0 aliphatic rings. The van der Waals surface area contributed by atoms with E-state index in [0.29, 0.717) is 28.8 Å². The molecule has 0 aliphatic carbocycles. The van der Waals surface area contributed by atoms with Gasteiger partial charge in [-0.3, -0.25) is 19.7 Å². The minimum absolute atomic E-state index is 0.00820. The van der Waals surface area contributed by atoms with Crippen LogP contribution in [0.5, 0.6) is 5.75 Å². The van der Waals surface area contributed by atoms with Crippen LogP contribution in [-0.4, -0.2) is 44.4 Å². The van der Waals surface area contributed by atoms with Gasteiger partial charge in [0.2, 0.25) is 5.91 Å². The molecule has 2 amide bonds. The summed E-state index contributed by atoms with van der Waals surface area (Å²) in [6, 6.07) is 10.2. The Kier molecular flexibility index (Phi) is 9.48. The second-order valence-corrected chi connectivity index (χ2v) is 9.62. The minimum atomic E-state index is -0.565. The first kappa shape index (κ1) is 27.9. The lowest BCUT2D eigenvalue weighted by Gasteiger charge is -2.22. The largest absolute Gasteiger partial charge is 0.497 e. The van der Waals surface area contributed by atoms with E-state index in [0.717, 1.165) is 11.8 Å². The van der Waals surface area contributed by atoms with E-state index in [1.54, 1.807) is 31.4 Å². The number of nitrogens with zero attached hydrogens (tertiary/aromatic N) is 4. The van der Waals surface area contributed by atoms with Gasteiger partial charge in [0, 0.05) is 24.2 Å². The molecule has 1 unspecified atom stereocenters. The zero-order valence-electron chi connectivity index (χ0n) is 20.7. The van der Waals surface area contributed by atoms with Crippen molar-refractivity contribution in [1.29, 1.82) is 0 Å². The molecular formula is C24H27ClN6O5S. The highest BCUT2D eigenvalue weighted by atomic mass is 35.5. The molecule has 37 heavy (non-hydrogen) atoms.